The fraction of sp³-hybridized carbons (Fsp3) is 0.895. The van der Waals surface area contributed by atoms with Gasteiger partial charge in [0, 0.05) is 53.0 Å². The van der Waals surface area contributed by atoms with E-state index >= 15 is 0 Å². The molecule has 8 nitrogen and oxygen atoms in total. The highest BCUT2D eigenvalue weighted by atomic mass is 127. The standard InChI is InChI=1S/C19H41N5O3.HI/c1-8-10-16(23-18(25)27-19(2,3)4)15-22-17(20-5)21-11-13-24(6)12-9-14-26-7;/h16H,8-15H2,1-7H3,(H,23,25)(H2,20,21,22);1H. The normalized spacial score (nSPS) is 12.9. The largest absolute Gasteiger partial charge is 0.444 e. The number of ether oxygens (including phenoxy) is 2. The van der Waals surface area contributed by atoms with Crippen LogP contribution in [0.5, 0.6) is 0 Å². The van der Waals surface area contributed by atoms with E-state index in [2.05, 4.69) is 39.8 Å². The Bertz CT molecular complexity index is 430. The molecule has 0 spiro atoms. The maximum atomic E-state index is 12.0. The summed E-state index contributed by atoms with van der Waals surface area (Å²) in [5.74, 6) is 0.729. The van der Waals surface area contributed by atoms with E-state index < -0.39 is 5.60 Å². The number of hydrogen-bond donors (Lipinski definition) is 3. The lowest BCUT2D eigenvalue weighted by Crippen LogP contribution is -2.48. The molecule has 0 rings (SSSR count). The van der Waals surface area contributed by atoms with Gasteiger partial charge in [-0.25, -0.2) is 4.79 Å². The van der Waals surface area contributed by atoms with E-state index in [-0.39, 0.29) is 36.1 Å². The molecule has 28 heavy (non-hydrogen) atoms. The molecular weight excluding hydrogens is 473 g/mol. The molecule has 0 fully saturated rings. The summed E-state index contributed by atoms with van der Waals surface area (Å²) in [5, 5.41) is 9.51. The minimum absolute atomic E-state index is 0. The molecule has 1 amide bonds. The number of nitrogens with zero attached hydrogens (tertiary/aromatic N) is 2. The monoisotopic (exact) mass is 515 g/mol. The van der Waals surface area contributed by atoms with Crippen LogP contribution in [0.25, 0.3) is 0 Å². The number of halogens is 1. The topological polar surface area (TPSA) is 87.2 Å². The Morgan fingerprint density at radius 1 is 1.21 bits per heavy atom. The number of carbonyl (C=O) groups is 1. The number of guanidine groups is 1. The summed E-state index contributed by atoms with van der Waals surface area (Å²) < 4.78 is 10.4. The van der Waals surface area contributed by atoms with Crippen molar-refractivity contribution >= 4 is 36.0 Å². The van der Waals surface area contributed by atoms with Crippen LogP contribution in [0.1, 0.15) is 47.0 Å². The zero-order valence-electron chi connectivity index (χ0n) is 18.8. The van der Waals surface area contributed by atoms with Crippen LogP contribution in [0.15, 0.2) is 4.99 Å². The zero-order chi connectivity index (χ0) is 20.7. The van der Waals surface area contributed by atoms with Gasteiger partial charge in [-0.15, -0.1) is 24.0 Å². The Morgan fingerprint density at radius 2 is 1.89 bits per heavy atom. The number of carbonyl (C=O) groups excluding carboxylic acids is 1. The zero-order valence-corrected chi connectivity index (χ0v) is 21.1. The lowest BCUT2D eigenvalue weighted by molar-refractivity contribution is 0.0502. The summed E-state index contributed by atoms with van der Waals surface area (Å²) in [7, 11) is 5.56. The van der Waals surface area contributed by atoms with Crippen LogP contribution >= 0.6 is 24.0 Å². The van der Waals surface area contributed by atoms with Gasteiger partial charge in [0.25, 0.3) is 0 Å². The second-order valence-corrected chi connectivity index (χ2v) is 7.66. The smallest absolute Gasteiger partial charge is 0.407 e. The van der Waals surface area contributed by atoms with Crippen LogP contribution in [-0.4, -0.2) is 82.6 Å². The van der Waals surface area contributed by atoms with Crippen molar-refractivity contribution in [2.75, 3.05) is 54.0 Å². The first-order valence-electron chi connectivity index (χ1n) is 9.83. The fourth-order valence-corrected chi connectivity index (χ4v) is 2.44. The molecule has 1 atom stereocenters. The minimum atomic E-state index is -0.499. The molecule has 0 aliphatic carbocycles. The Labute approximate surface area is 188 Å². The highest BCUT2D eigenvalue weighted by Crippen LogP contribution is 2.07. The van der Waals surface area contributed by atoms with Crippen molar-refractivity contribution in [3.05, 3.63) is 0 Å². The second kappa shape index (κ2) is 17.1. The average molecular weight is 515 g/mol. The van der Waals surface area contributed by atoms with Gasteiger partial charge in [0.2, 0.25) is 0 Å². The van der Waals surface area contributed by atoms with Gasteiger partial charge in [-0.3, -0.25) is 4.99 Å². The quantitative estimate of drug-likeness (QED) is 0.160. The van der Waals surface area contributed by atoms with Crippen molar-refractivity contribution in [3.8, 4) is 0 Å². The van der Waals surface area contributed by atoms with Crippen molar-refractivity contribution in [2.24, 2.45) is 4.99 Å². The molecule has 0 saturated carbocycles. The van der Waals surface area contributed by atoms with Gasteiger partial charge in [0.05, 0.1) is 0 Å². The van der Waals surface area contributed by atoms with Crippen molar-refractivity contribution in [1.29, 1.82) is 0 Å². The predicted octanol–water partition coefficient (Wildman–Crippen LogP) is 2.43. The Morgan fingerprint density at radius 3 is 2.43 bits per heavy atom. The van der Waals surface area contributed by atoms with Gasteiger partial charge in [0.15, 0.2) is 5.96 Å². The molecule has 1 unspecified atom stereocenters. The number of methoxy groups -OCH3 is 1. The van der Waals surface area contributed by atoms with Gasteiger partial charge in [0.1, 0.15) is 5.60 Å². The summed E-state index contributed by atoms with van der Waals surface area (Å²) in [5.41, 5.74) is -0.499. The maximum Gasteiger partial charge on any atom is 0.407 e. The number of rotatable bonds is 12. The molecule has 0 aromatic rings. The van der Waals surface area contributed by atoms with E-state index in [0.717, 1.165) is 51.5 Å². The molecule has 0 aliphatic heterocycles. The van der Waals surface area contributed by atoms with Crippen molar-refractivity contribution in [3.63, 3.8) is 0 Å². The molecule has 0 bridgehead atoms. The Hall–Kier alpha value is -0.810. The van der Waals surface area contributed by atoms with Gasteiger partial charge in [-0.2, -0.15) is 0 Å². The van der Waals surface area contributed by atoms with Crippen LogP contribution in [-0.2, 0) is 9.47 Å². The lowest BCUT2D eigenvalue weighted by atomic mass is 10.1. The Balaban J connectivity index is 0. The fourth-order valence-electron chi connectivity index (χ4n) is 2.44. The van der Waals surface area contributed by atoms with Crippen LogP contribution in [0.3, 0.4) is 0 Å². The van der Waals surface area contributed by atoms with Crippen LogP contribution < -0.4 is 16.0 Å². The molecule has 0 radical (unpaired) electrons. The Kier molecular flexibility index (Phi) is 17.9. The van der Waals surface area contributed by atoms with Gasteiger partial charge in [-0.05, 0) is 40.7 Å². The molecule has 168 valence electrons. The molecule has 9 heteroatoms. The minimum Gasteiger partial charge on any atom is -0.444 e. The molecule has 0 heterocycles. The second-order valence-electron chi connectivity index (χ2n) is 7.66. The highest BCUT2D eigenvalue weighted by Gasteiger charge is 2.19. The third kappa shape index (κ3) is 17.3. The molecular formula is C19H42IN5O3. The third-order valence-electron chi connectivity index (χ3n) is 3.77. The number of aliphatic imine (C=N–C) groups is 1. The van der Waals surface area contributed by atoms with Crippen LogP contribution in [0.2, 0.25) is 0 Å². The number of nitrogens with one attached hydrogen (secondary N) is 3. The highest BCUT2D eigenvalue weighted by molar-refractivity contribution is 14.0. The van der Waals surface area contributed by atoms with E-state index in [9.17, 15) is 4.79 Å². The summed E-state index contributed by atoms with van der Waals surface area (Å²) in [6, 6.07) is -0.0138. The summed E-state index contributed by atoms with van der Waals surface area (Å²) in [6.45, 7) is 11.8. The average Bonchev–Trinajstić information content (AvgIpc) is 2.56. The van der Waals surface area contributed by atoms with E-state index in [4.69, 9.17) is 9.47 Å². The van der Waals surface area contributed by atoms with Gasteiger partial charge >= 0.3 is 6.09 Å². The van der Waals surface area contributed by atoms with Crippen LogP contribution in [0, 0.1) is 0 Å². The van der Waals surface area contributed by atoms with Crippen molar-refractivity contribution < 1.29 is 14.3 Å². The van der Waals surface area contributed by atoms with E-state index in [1.165, 1.54) is 0 Å². The van der Waals surface area contributed by atoms with E-state index in [1.54, 1.807) is 14.2 Å². The first-order chi connectivity index (χ1) is 12.7. The van der Waals surface area contributed by atoms with Crippen LogP contribution in [0.4, 0.5) is 4.79 Å². The maximum absolute atomic E-state index is 12.0. The van der Waals surface area contributed by atoms with E-state index in [0.29, 0.717) is 6.54 Å². The molecule has 0 aromatic heterocycles. The number of hydrogen-bond acceptors (Lipinski definition) is 5. The van der Waals surface area contributed by atoms with Crippen molar-refractivity contribution in [1.82, 2.24) is 20.9 Å². The molecule has 3 N–H and O–H groups in total. The molecule has 0 saturated heterocycles. The van der Waals surface area contributed by atoms with Gasteiger partial charge in [-0.1, -0.05) is 13.3 Å². The lowest BCUT2D eigenvalue weighted by Gasteiger charge is -2.24. The third-order valence-corrected chi connectivity index (χ3v) is 3.77. The first kappa shape index (κ1) is 29.4. The summed E-state index contributed by atoms with van der Waals surface area (Å²) in [4.78, 5) is 18.5. The molecule has 0 aromatic carbocycles. The number of likely N-dealkylation sites (N-methyl/N-ethyl adjacent to an activating group) is 1. The SMILES string of the molecule is CCCC(CNC(=NC)NCCN(C)CCCOC)NC(=O)OC(C)(C)C.I. The van der Waals surface area contributed by atoms with Gasteiger partial charge < -0.3 is 30.3 Å². The number of amides is 1. The summed E-state index contributed by atoms with van der Waals surface area (Å²) >= 11 is 0. The number of alkyl carbamates (subject to hydrolysis) is 1. The van der Waals surface area contributed by atoms with Crippen molar-refractivity contribution in [2.45, 2.75) is 58.6 Å². The summed E-state index contributed by atoms with van der Waals surface area (Å²) in [6.07, 6.45) is 2.48. The molecule has 0 aliphatic rings. The van der Waals surface area contributed by atoms with E-state index in [1.807, 2.05) is 20.8 Å². The predicted molar refractivity (Wildman–Crippen MR) is 127 cm³/mol. The first-order valence-corrected chi connectivity index (χ1v) is 9.83.